The summed E-state index contributed by atoms with van der Waals surface area (Å²) in [6, 6.07) is 16.6. The van der Waals surface area contributed by atoms with Gasteiger partial charge in [0.05, 0.1) is 0 Å². The van der Waals surface area contributed by atoms with Gasteiger partial charge in [-0.2, -0.15) is 11.8 Å². The van der Waals surface area contributed by atoms with E-state index in [1.807, 2.05) is 30.8 Å². The minimum atomic E-state index is -0.456. The Morgan fingerprint density at radius 1 is 1.14 bits per heavy atom. The third-order valence-electron chi connectivity index (χ3n) is 4.56. The Labute approximate surface area is 174 Å². The van der Waals surface area contributed by atoms with Gasteiger partial charge in [0.1, 0.15) is 5.75 Å². The van der Waals surface area contributed by atoms with Crippen molar-refractivity contribution < 1.29 is 9.53 Å². The Hall–Kier alpha value is -1.94. The first-order chi connectivity index (χ1) is 13.3. The number of amides is 1. The summed E-state index contributed by atoms with van der Waals surface area (Å²) in [5.41, 5.74) is 3.97. The van der Waals surface area contributed by atoms with Crippen molar-refractivity contribution in [2.24, 2.45) is 0 Å². The Bertz CT molecular complexity index is 750. The number of nitrogens with one attached hydrogen (secondary N) is 1. The van der Waals surface area contributed by atoms with Crippen LogP contribution >= 0.6 is 11.8 Å². The standard InChI is InChI=1S/C24H33NO2S/c1-6-22(27-21-12-10-20(11-13-21)24(3,4)5)23(26)25-14-15-28-17-19-9-7-8-18(2)16-19/h7-13,16,22H,6,14-15,17H2,1-5H3,(H,25,26)/t22-/m0/s1. The van der Waals surface area contributed by atoms with Crippen LogP contribution in [0, 0.1) is 6.92 Å². The van der Waals surface area contributed by atoms with Gasteiger partial charge in [-0.15, -0.1) is 0 Å². The maximum atomic E-state index is 12.4. The Balaban J connectivity index is 1.75. The summed E-state index contributed by atoms with van der Waals surface area (Å²) in [6.07, 6.45) is 0.186. The monoisotopic (exact) mass is 399 g/mol. The molecule has 0 unspecified atom stereocenters. The van der Waals surface area contributed by atoms with Crippen molar-refractivity contribution in [3.05, 3.63) is 65.2 Å². The molecule has 0 fully saturated rings. The molecule has 28 heavy (non-hydrogen) atoms. The minimum Gasteiger partial charge on any atom is -0.481 e. The van der Waals surface area contributed by atoms with Crippen molar-refractivity contribution in [2.75, 3.05) is 12.3 Å². The SMILES string of the molecule is CC[C@H](Oc1ccc(C(C)(C)C)cc1)C(=O)NCCSCc1cccc(C)c1. The summed E-state index contributed by atoms with van der Waals surface area (Å²) >= 11 is 1.83. The number of rotatable bonds is 9. The summed E-state index contributed by atoms with van der Waals surface area (Å²) in [4.78, 5) is 12.4. The van der Waals surface area contributed by atoms with E-state index in [2.05, 4.69) is 69.4 Å². The quantitative estimate of drug-likeness (QED) is 0.566. The van der Waals surface area contributed by atoms with Crippen LogP contribution in [0.3, 0.4) is 0 Å². The number of hydrogen-bond donors (Lipinski definition) is 1. The van der Waals surface area contributed by atoms with Crippen molar-refractivity contribution in [2.45, 2.75) is 58.3 Å². The average Bonchev–Trinajstić information content (AvgIpc) is 2.65. The van der Waals surface area contributed by atoms with Crippen LogP contribution in [-0.4, -0.2) is 24.3 Å². The van der Waals surface area contributed by atoms with E-state index < -0.39 is 6.10 Å². The maximum Gasteiger partial charge on any atom is 0.261 e. The van der Waals surface area contributed by atoms with Gasteiger partial charge in [0.15, 0.2) is 6.10 Å². The number of thioether (sulfide) groups is 1. The Morgan fingerprint density at radius 3 is 2.46 bits per heavy atom. The van der Waals surface area contributed by atoms with Gasteiger partial charge in [-0.3, -0.25) is 4.79 Å². The van der Waals surface area contributed by atoms with Crippen LogP contribution in [0.1, 0.15) is 50.8 Å². The molecular formula is C24H33NO2S. The molecule has 1 amide bonds. The van der Waals surface area contributed by atoms with Crippen molar-refractivity contribution in [3.8, 4) is 5.75 Å². The zero-order chi connectivity index (χ0) is 20.6. The zero-order valence-electron chi connectivity index (χ0n) is 17.7. The number of ether oxygens (including phenoxy) is 1. The van der Waals surface area contributed by atoms with Gasteiger partial charge in [-0.05, 0) is 42.0 Å². The maximum absolute atomic E-state index is 12.4. The van der Waals surface area contributed by atoms with E-state index in [0.717, 1.165) is 17.3 Å². The molecule has 2 aromatic rings. The van der Waals surface area contributed by atoms with E-state index in [1.54, 1.807) is 0 Å². The minimum absolute atomic E-state index is 0.0430. The average molecular weight is 400 g/mol. The van der Waals surface area contributed by atoms with E-state index in [1.165, 1.54) is 16.7 Å². The lowest BCUT2D eigenvalue weighted by molar-refractivity contribution is -0.127. The zero-order valence-corrected chi connectivity index (χ0v) is 18.6. The largest absolute Gasteiger partial charge is 0.481 e. The number of benzene rings is 2. The fraction of sp³-hybridized carbons (Fsp3) is 0.458. The second-order valence-corrected chi connectivity index (χ2v) is 9.23. The van der Waals surface area contributed by atoms with Crippen LogP contribution in [0.2, 0.25) is 0 Å². The molecule has 2 rings (SSSR count). The number of carbonyl (C=O) groups excluding carboxylic acids is 1. The van der Waals surface area contributed by atoms with Crippen LogP contribution in [-0.2, 0) is 16.0 Å². The first-order valence-electron chi connectivity index (χ1n) is 9.98. The topological polar surface area (TPSA) is 38.3 Å². The lowest BCUT2D eigenvalue weighted by Gasteiger charge is -2.21. The number of hydrogen-bond acceptors (Lipinski definition) is 3. The second kappa shape index (κ2) is 10.6. The van der Waals surface area contributed by atoms with Gasteiger partial charge in [0, 0.05) is 18.1 Å². The Kier molecular flexibility index (Phi) is 8.43. The molecule has 0 heterocycles. The predicted octanol–water partition coefficient (Wildman–Crippen LogP) is 5.50. The molecular weight excluding hydrogens is 366 g/mol. The Morgan fingerprint density at radius 2 is 1.86 bits per heavy atom. The molecule has 0 aromatic heterocycles. The van der Waals surface area contributed by atoms with E-state index in [9.17, 15) is 4.79 Å². The van der Waals surface area contributed by atoms with E-state index >= 15 is 0 Å². The lowest BCUT2D eigenvalue weighted by Crippen LogP contribution is -2.39. The number of carbonyl (C=O) groups is 1. The van der Waals surface area contributed by atoms with Gasteiger partial charge in [0.25, 0.3) is 5.91 Å². The molecule has 2 aromatic carbocycles. The molecule has 0 aliphatic rings. The molecule has 0 spiro atoms. The van der Waals surface area contributed by atoms with Gasteiger partial charge in [-0.1, -0.05) is 69.7 Å². The van der Waals surface area contributed by atoms with Crippen LogP contribution < -0.4 is 10.1 Å². The molecule has 0 radical (unpaired) electrons. The van der Waals surface area contributed by atoms with Crippen LogP contribution in [0.25, 0.3) is 0 Å². The van der Waals surface area contributed by atoms with Gasteiger partial charge >= 0.3 is 0 Å². The lowest BCUT2D eigenvalue weighted by atomic mass is 9.87. The fourth-order valence-electron chi connectivity index (χ4n) is 2.87. The molecule has 0 bridgehead atoms. The molecule has 4 heteroatoms. The molecule has 1 N–H and O–H groups in total. The van der Waals surface area contributed by atoms with Gasteiger partial charge in [0.2, 0.25) is 0 Å². The van der Waals surface area contributed by atoms with Crippen molar-refractivity contribution in [1.29, 1.82) is 0 Å². The van der Waals surface area contributed by atoms with Gasteiger partial charge in [-0.25, -0.2) is 0 Å². The highest BCUT2D eigenvalue weighted by molar-refractivity contribution is 7.98. The first kappa shape index (κ1) is 22.4. The van der Waals surface area contributed by atoms with Crippen molar-refractivity contribution in [3.63, 3.8) is 0 Å². The van der Waals surface area contributed by atoms with Crippen molar-refractivity contribution in [1.82, 2.24) is 5.32 Å². The third kappa shape index (κ3) is 7.23. The molecule has 1 atom stereocenters. The normalized spacial score (nSPS) is 12.5. The highest BCUT2D eigenvalue weighted by Crippen LogP contribution is 2.25. The molecule has 0 aliphatic carbocycles. The van der Waals surface area contributed by atoms with E-state index in [-0.39, 0.29) is 11.3 Å². The smallest absolute Gasteiger partial charge is 0.261 e. The highest BCUT2D eigenvalue weighted by atomic mass is 32.2. The van der Waals surface area contributed by atoms with Crippen LogP contribution in [0.4, 0.5) is 0 Å². The van der Waals surface area contributed by atoms with Crippen LogP contribution in [0.5, 0.6) is 5.75 Å². The molecule has 0 saturated carbocycles. The molecule has 152 valence electrons. The summed E-state index contributed by atoms with van der Waals surface area (Å²) in [6.45, 7) is 11.3. The van der Waals surface area contributed by atoms with Gasteiger partial charge < -0.3 is 10.1 Å². The third-order valence-corrected chi connectivity index (χ3v) is 5.59. The van der Waals surface area contributed by atoms with Crippen molar-refractivity contribution >= 4 is 17.7 Å². The van der Waals surface area contributed by atoms with E-state index in [4.69, 9.17) is 4.74 Å². The fourth-order valence-corrected chi connectivity index (χ4v) is 3.68. The summed E-state index contributed by atoms with van der Waals surface area (Å²) < 4.78 is 5.91. The second-order valence-electron chi connectivity index (χ2n) is 8.12. The van der Waals surface area contributed by atoms with Crippen LogP contribution in [0.15, 0.2) is 48.5 Å². The molecule has 0 saturated heterocycles. The highest BCUT2D eigenvalue weighted by Gasteiger charge is 2.19. The summed E-state index contributed by atoms with van der Waals surface area (Å²) in [7, 11) is 0. The predicted molar refractivity (Wildman–Crippen MR) is 120 cm³/mol. The summed E-state index contributed by atoms with van der Waals surface area (Å²) in [5.74, 6) is 2.55. The molecule has 3 nitrogen and oxygen atoms in total. The first-order valence-corrected chi connectivity index (χ1v) is 11.1. The number of aryl methyl sites for hydroxylation is 1. The van der Waals surface area contributed by atoms with E-state index in [0.29, 0.717) is 13.0 Å². The molecule has 0 aliphatic heterocycles. The summed E-state index contributed by atoms with van der Waals surface area (Å²) in [5, 5.41) is 3.00.